The molecule has 372 valence electrons. The Balaban J connectivity index is 0.000000156. The highest BCUT2D eigenvalue weighted by Gasteiger charge is 2.34. The van der Waals surface area contributed by atoms with Gasteiger partial charge in [0.1, 0.15) is 46.1 Å². The Bertz CT molecular complexity index is 3310. The topological polar surface area (TPSA) is 211 Å². The van der Waals surface area contributed by atoms with Crippen LogP contribution in [0.15, 0.2) is 95.6 Å². The highest BCUT2D eigenvalue weighted by molar-refractivity contribution is 5.97. The molecule has 12 rings (SSSR count). The normalized spacial score (nSPS) is 22.0. The molecular weight excluding hydrogens is 917 g/mol. The van der Waals surface area contributed by atoms with E-state index in [0.29, 0.717) is 128 Å². The minimum Gasteiger partial charge on any atom is -0.487 e. The number of hydrogen-bond donors (Lipinski definition) is 4. The molecule has 2 fully saturated rings. The molecule has 0 aliphatic carbocycles. The van der Waals surface area contributed by atoms with Crippen molar-refractivity contribution in [3.8, 4) is 45.8 Å². The first-order chi connectivity index (χ1) is 34.9. The van der Waals surface area contributed by atoms with E-state index < -0.39 is 12.2 Å². The fraction of sp³-hybridized carbons (Fsp3) is 0.370. The predicted octanol–water partition coefficient (Wildman–Crippen LogP) is 6.83. The standard InChI is InChI=1S/2C27H29N5O4/c2*1-4-6-21(33)16-12-20-25-22(13-16)36-17-11-15(2)31(14-17)9-10-32-27(34)19-8-5-7-18(23(19)30-32)24(29-25)26(28-20)35-3/h2*4-5,7-8,12-13,15,17,21,30,33H,1,6,9-11,14H2,2-3H3/t15-,17?,21+;15-,17?,21-/m11/s1. The molecule has 4 aromatic heterocycles. The van der Waals surface area contributed by atoms with Gasteiger partial charge in [-0.15, -0.1) is 13.2 Å². The lowest BCUT2D eigenvalue weighted by Gasteiger charge is -2.21. The molecule has 0 spiro atoms. The van der Waals surface area contributed by atoms with Crippen LogP contribution >= 0.6 is 0 Å². The number of nitrogens with zero attached hydrogens (tertiary/aromatic N) is 8. The Labute approximate surface area is 414 Å². The van der Waals surface area contributed by atoms with Gasteiger partial charge in [-0.1, -0.05) is 36.4 Å². The largest absolute Gasteiger partial charge is 0.487 e. The number of benzene rings is 4. The van der Waals surface area contributed by atoms with Gasteiger partial charge < -0.3 is 29.2 Å². The van der Waals surface area contributed by atoms with Crippen molar-refractivity contribution in [3.63, 3.8) is 0 Å². The second-order valence-electron chi connectivity index (χ2n) is 19.2. The van der Waals surface area contributed by atoms with Gasteiger partial charge in [0.15, 0.2) is 0 Å². The third-order valence-corrected chi connectivity index (χ3v) is 14.6. The maximum atomic E-state index is 13.2. The number of rotatable bonds is 8. The molecule has 0 radical (unpaired) electrons. The Morgan fingerprint density at radius 2 is 1.10 bits per heavy atom. The third kappa shape index (κ3) is 8.36. The molecule has 4 N–H and O–H groups in total. The summed E-state index contributed by atoms with van der Waals surface area (Å²) in [5.41, 5.74) is 7.45. The molecule has 72 heavy (non-hydrogen) atoms. The SMILES string of the molecule is C=CC[C@@H](O)c1cc2c3nc(c(OC)nc3c1)-c1cccc3c(=O)n([nH]c13)CCN1CC(C[C@H]1C)O2.C=CC[C@H](O)c1cc2c3nc(c(OC)nc3c1)-c1cccc3c(=O)n([nH]c13)CCN1CC(C[C@H]1C)O2. The van der Waals surface area contributed by atoms with Gasteiger partial charge in [0, 0.05) is 62.2 Å². The molecule has 0 amide bonds. The van der Waals surface area contributed by atoms with Gasteiger partial charge in [0.25, 0.3) is 11.1 Å². The summed E-state index contributed by atoms with van der Waals surface area (Å²) >= 11 is 0. The highest BCUT2D eigenvalue weighted by Crippen LogP contribution is 2.40. The smallest absolute Gasteiger partial charge is 0.274 e. The minimum absolute atomic E-state index is 0.0517. The number of fused-ring (bicyclic) bond motifs is 10. The summed E-state index contributed by atoms with van der Waals surface area (Å²) < 4.78 is 27.8. The molecule has 4 aliphatic heterocycles. The summed E-state index contributed by atoms with van der Waals surface area (Å²) in [5, 5.41) is 29.3. The van der Waals surface area contributed by atoms with Crippen molar-refractivity contribution in [2.24, 2.45) is 0 Å². The Hall–Kier alpha value is -7.38. The predicted molar refractivity (Wildman–Crippen MR) is 275 cm³/mol. The van der Waals surface area contributed by atoms with Crippen molar-refractivity contribution in [2.45, 2.75) is 89.1 Å². The molecule has 8 aromatic rings. The molecule has 8 atom stereocenters. The number of aliphatic hydroxyl groups excluding tert-OH is 2. The zero-order valence-electron chi connectivity index (χ0n) is 40.8. The third-order valence-electron chi connectivity index (χ3n) is 14.6. The van der Waals surface area contributed by atoms with Crippen molar-refractivity contribution in [1.29, 1.82) is 0 Å². The molecule has 12 bridgehead atoms. The average molecular weight is 975 g/mol. The number of aromatic amines is 2. The van der Waals surface area contributed by atoms with E-state index >= 15 is 0 Å². The fourth-order valence-corrected chi connectivity index (χ4v) is 10.8. The zero-order valence-corrected chi connectivity index (χ0v) is 40.8. The molecule has 4 aromatic carbocycles. The Morgan fingerprint density at radius 3 is 1.50 bits per heavy atom. The minimum atomic E-state index is -0.732. The summed E-state index contributed by atoms with van der Waals surface area (Å²) in [7, 11) is 3.10. The van der Waals surface area contributed by atoms with Crippen LogP contribution in [0.1, 0.15) is 62.9 Å². The van der Waals surface area contributed by atoms with Crippen LogP contribution in [0.4, 0.5) is 0 Å². The van der Waals surface area contributed by atoms with Gasteiger partial charge in [-0.2, -0.15) is 0 Å². The van der Waals surface area contributed by atoms with Crippen LogP contribution in [0.2, 0.25) is 0 Å². The summed E-state index contributed by atoms with van der Waals surface area (Å²) in [6.45, 7) is 15.9. The van der Waals surface area contributed by atoms with Crippen LogP contribution in [0.25, 0.3) is 66.4 Å². The summed E-state index contributed by atoms with van der Waals surface area (Å²) in [4.78, 5) is 50.6. The van der Waals surface area contributed by atoms with E-state index in [1.54, 1.807) is 35.7 Å². The van der Waals surface area contributed by atoms with Gasteiger partial charge >= 0.3 is 0 Å². The van der Waals surface area contributed by atoms with Crippen LogP contribution in [-0.4, -0.2) is 124 Å². The summed E-state index contributed by atoms with van der Waals surface area (Å²) in [5.74, 6) is 1.82. The molecule has 8 heterocycles. The van der Waals surface area contributed by atoms with Crippen molar-refractivity contribution in [1.82, 2.24) is 49.3 Å². The number of aromatic nitrogens is 8. The van der Waals surface area contributed by atoms with Crippen LogP contribution in [0.5, 0.6) is 23.3 Å². The number of hydrogen-bond acceptors (Lipinski definition) is 14. The van der Waals surface area contributed by atoms with E-state index in [4.69, 9.17) is 38.9 Å². The van der Waals surface area contributed by atoms with Gasteiger partial charge in [-0.05, 0) is 74.2 Å². The van der Waals surface area contributed by atoms with Crippen LogP contribution < -0.4 is 30.1 Å². The summed E-state index contributed by atoms with van der Waals surface area (Å²) in [6, 6.07) is 19.1. The monoisotopic (exact) mass is 974 g/mol. The molecular formula is C54H58N10O8. The van der Waals surface area contributed by atoms with Gasteiger partial charge in [0.05, 0.1) is 72.4 Å². The van der Waals surface area contributed by atoms with Crippen molar-refractivity contribution in [3.05, 3.63) is 118 Å². The number of H-pyrrole nitrogens is 2. The maximum Gasteiger partial charge on any atom is 0.274 e. The molecule has 18 nitrogen and oxygen atoms in total. The molecule has 4 unspecified atom stereocenters. The van der Waals surface area contributed by atoms with Crippen LogP contribution in [0, 0.1) is 0 Å². The quantitative estimate of drug-likeness (QED) is 0.115. The number of aliphatic hydroxyl groups is 2. The highest BCUT2D eigenvalue weighted by atomic mass is 16.5. The molecule has 0 saturated carbocycles. The van der Waals surface area contributed by atoms with Crippen molar-refractivity contribution >= 4 is 43.9 Å². The number of nitrogens with one attached hydrogen (secondary N) is 2. The lowest BCUT2D eigenvalue weighted by atomic mass is 10.0. The molecule has 2 saturated heterocycles. The van der Waals surface area contributed by atoms with E-state index in [0.717, 1.165) is 50.1 Å². The van der Waals surface area contributed by atoms with E-state index in [2.05, 4.69) is 47.0 Å². The first-order valence-electron chi connectivity index (χ1n) is 24.6. The number of methoxy groups -OCH3 is 2. The van der Waals surface area contributed by atoms with Crippen LogP contribution in [-0.2, 0) is 13.1 Å². The van der Waals surface area contributed by atoms with E-state index in [9.17, 15) is 19.8 Å². The lowest BCUT2D eigenvalue weighted by molar-refractivity contribution is 0.178. The molecule has 18 heteroatoms. The lowest BCUT2D eigenvalue weighted by Crippen LogP contribution is -2.33. The fourth-order valence-electron chi connectivity index (χ4n) is 10.8. The van der Waals surface area contributed by atoms with Crippen molar-refractivity contribution in [2.75, 3.05) is 40.4 Å². The Morgan fingerprint density at radius 1 is 0.667 bits per heavy atom. The first kappa shape index (κ1) is 47.0. The van der Waals surface area contributed by atoms with Gasteiger partial charge in [-0.3, -0.25) is 38.9 Å². The van der Waals surface area contributed by atoms with E-state index in [1.165, 1.54) is 0 Å². The van der Waals surface area contributed by atoms with Crippen LogP contribution in [0.3, 0.4) is 0 Å². The zero-order chi connectivity index (χ0) is 49.9. The van der Waals surface area contributed by atoms with E-state index in [-0.39, 0.29) is 23.3 Å². The average Bonchev–Trinajstić information content (AvgIpc) is 4.12. The van der Waals surface area contributed by atoms with Gasteiger partial charge in [0.2, 0.25) is 11.8 Å². The second-order valence-corrected chi connectivity index (χ2v) is 19.2. The van der Waals surface area contributed by atoms with E-state index in [1.807, 2.05) is 60.7 Å². The second kappa shape index (κ2) is 19.0. The van der Waals surface area contributed by atoms with Crippen molar-refractivity contribution < 1.29 is 29.2 Å². The summed E-state index contributed by atoms with van der Waals surface area (Å²) in [6.07, 6.45) is 4.33. The molecule has 4 aliphatic rings. The maximum absolute atomic E-state index is 13.2. The Kier molecular flexibility index (Phi) is 12.4. The first-order valence-corrected chi connectivity index (χ1v) is 24.6. The van der Waals surface area contributed by atoms with Gasteiger partial charge in [-0.25, -0.2) is 19.9 Å². The number of ether oxygens (including phenoxy) is 4. The number of para-hydroxylation sites is 2.